The van der Waals surface area contributed by atoms with Crippen molar-refractivity contribution in [2.45, 2.75) is 26.3 Å². The lowest BCUT2D eigenvalue weighted by atomic mass is 10.1. The molecule has 1 aromatic carbocycles. The third-order valence-corrected chi connectivity index (χ3v) is 2.89. The Morgan fingerprint density at radius 1 is 1.58 bits per heavy atom. The molecule has 0 aliphatic heterocycles. The first-order valence-electron chi connectivity index (χ1n) is 6.02. The molecule has 102 valence electrons. The number of rotatable bonds is 6. The fourth-order valence-corrected chi connectivity index (χ4v) is 1.76. The highest BCUT2D eigenvalue weighted by atomic mass is 16.6. The zero-order chi connectivity index (χ0) is 14.4. The Morgan fingerprint density at radius 2 is 2.26 bits per heavy atom. The van der Waals surface area contributed by atoms with Gasteiger partial charge >= 0.3 is 5.69 Å². The van der Waals surface area contributed by atoms with Crippen LogP contribution in [0.25, 0.3) is 0 Å². The lowest BCUT2D eigenvalue weighted by Crippen LogP contribution is -2.29. The molecule has 0 aromatic heterocycles. The van der Waals surface area contributed by atoms with Crippen LogP contribution in [0.1, 0.15) is 20.3 Å². The van der Waals surface area contributed by atoms with E-state index in [-0.39, 0.29) is 17.5 Å². The van der Waals surface area contributed by atoms with Gasteiger partial charge in [0.2, 0.25) is 0 Å². The van der Waals surface area contributed by atoms with Gasteiger partial charge in [-0.1, -0.05) is 6.07 Å². The van der Waals surface area contributed by atoms with Crippen LogP contribution in [-0.4, -0.2) is 24.6 Å². The van der Waals surface area contributed by atoms with Gasteiger partial charge in [0.1, 0.15) is 5.69 Å². The minimum Gasteiger partial charge on any atom is -0.487 e. The maximum atomic E-state index is 11.2. The number of hydrogen-bond donors (Lipinski definition) is 0. The molecule has 0 heterocycles. The Balaban J connectivity index is 3.23. The molecule has 0 aliphatic rings. The van der Waals surface area contributed by atoms with Gasteiger partial charge < -0.3 is 9.64 Å². The number of benzene rings is 1. The molecule has 1 aromatic rings. The van der Waals surface area contributed by atoms with Crippen LogP contribution < -0.4 is 9.64 Å². The van der Waals surface area contributed by atoms with Gasteiger partial charge in [0, 0.05) is 13.1 Å². The van der Waals surface area contributed by atoms with Crippen LogP contribution in [0.5, 0.6) is 5.75 Å². The lowest BCUT2D eigenvalue weighted by Gasteiger charge is -2.25. The number of para-hydroxylation sites is 1. The lowest BCUT2D eigenvalue weighted by molar-refractivity contribution is -0.385. The molecule has 0 saturated heterocycles. The molecule has 1 rings (SSSR count). The predicted molar refractivity (Wildman–Crippen MR) is 72.4 cm³/mol. The van der Waals surface area contributed by atoms with E-state index >= 15 is 0 Å². The number of nitriles is 1. The van der Waals surface area contributed by atoms with E-state index in [0.29, 0.717) is 18.7 Å². The molecule has 0 fully saturated rings. The highest BCUT2D eigenvalue weighted by Gasteiger charge is 2.25. The van der Waals surface area contributed by atoms with Crippen molar-refractivity contribution >= 4 is 11.4 Å². The van der Waals surface area contributed by atoms with Crippen LogP contribution >= 0.6 is 0 Å². The van der Waals surface area contributed by atoms with Gasteiger partial charge in [-0.3, -0.25) is 10.1 Å². The second-order valence-electron chi connectivity index (χ2n) is 4.14. The highest BCUT2D eigenvalue weighted by Crippen LogP contribution is 2.37. The Bertz CT molecular complexity index is 496. The zero-order valence-corrected chi connectivity index (χ0v) is 11.3. The van der Waals surface area contributed by atoms with E-state index in [4.69, 9.17) is 10.00 Å². The number of ether oxygens (including phenoxy) is 1. The predicted octanol–water partition coefficient (Wildman–Crippen LogP) is 2.73. The van der Waals surface area contributed by atoms with Gasteiger partial charge in [-0.2, -0.15) is 5.26 Å². The van der Waals surface area contributed by atoms with Crippen LogP contribution in [0, 0.1) is 21.4 Å². The maximum Gasteiger partial charge on any atom is 0.333 e. The normalized spacial score (nSPS) is 11.5. The van der Waals surface area contributed by atoms with Gasteiger partial charge in [0.15, 0.2) is 5.75 Å². The zero-order valence-electron chi connectivity index (χ0n) is 11.3. The van der Waals surface area contributed by atoms with Crippen LogP contribution in [0.2, 0.25) is 0 Å². The first kappa shape index (κ1) is 14.8. The molecule has 6 heteroatoms. The summed E-state index contributed by atoms with van der Waals surface area (Å²) in [6.45, 7) is 3.99. The first-order valence-corrected chi connectivity index (χ1v) is 6.02. The summed E-state index contributed by atoms with van der Waals surface area (Å²) < 4.78 is 5.30. The minimum absolute atomic E-state index is 0.0587. The molecule has 0 radical (unpaired) electrons. The molecule has 0 aliphatic carbocycles. The number of anilines is 1. The molecule has 19 heavy (non-hydrogen) atoms. The second kappa shape index (κ2) is 6.59. The number of nitro benzene ring substituents is 1. The summed E-state index contributed by atoms with van der Waals surface area (Å²) in [5, 5.41) is 20.0. The van der Waals surface area contributed by atoms with Crippen molar-refractivity contribution < 1.29 is 9.66 Å². The Hall–Kier alpha value is -2.29. The van der Waals surface area contributed by atoms with Gasteiger partial charge in [0.05, 0.1) is 24.0 Å². The molecule has 1 unspecified atom stereocenters. The Labute approximate surface area is 112 Å². The van der Waals surface area contributed by atoms with E-state index in [1.165, 1.54) is 0 Å². The molecule has 0 N–H and O–H groups in total. The van der Waals surface area contributed by atoms with Crippen molar-refractivity contribution in [3.05, 3.63) is 28.3 Å². The molecule has 1 atom stereocenters. The number of nitrogens with zero attached hydrogens (tertiary/aromatic N) is 3. The molecule has 6 nitrogen and oxygen atoms in total. The molecule has 0 bridgehead atoms. The van der Waals surface area contributed by atoms with Crippen molar-refractivity contribution in [1.29, 1.82) is 5.26 Å². The summed E-state index contributed by atoms with van der Waals surface area (Å²) in [7, 11) is 1.74. The smallest absolute Gasteiger partial charge is 0.333 e. The molecule has 0 saturated carbocycles. The van der Waals surface area contributed by atoms with Crippen LogP contribution in [0.15, 0.2) is 18.2 Å². The van der Waals surface area contributed by atoms with Crippen molar-refractivity contribution in [2.75, 3.05) is 18.6 Å². The van der Waals surface area contributed by atoms with Gasteiger partial charge in [-0.25, -0.2) is 0 Å². The molecule has 0 spiro atoms. The summed E-state index contributed by atoms with van der Waals surface area (Å²) in [6.07, 6.45) is 0.298. The monoisotopic (exact) mass is 263 g/mol. The first-order chi connectivity index (χ1) is 9.02. The molecular formula is C13H17N3O3. The van der Waals surface area contributed by atoms with Gasteiger partial charge in [-0.05, 0) is 26.0 Å². The van der Waals surface area contributed by atoms with Gasteiger partial charge in [-0.15, -0.1) is 0 Å². The summed E-state index contributed by atoms with van der Waals surface area (Å²) in [5.74, 6) is 0.251. The fourth-order valence-electron chi connectivity index (χ4n) is 1.76. The summed E-state index contributed by atoms with van der Waals surface area (Å²) in [4.78, 5) is 12.5. The summed E-state index contributed by atoms with van der Waals surface area (Å²) in [5.41, 5.74) is 0.398. The van der Waals surface area contributed by atoms with E-state index in [1.54, 1.807) is 37.1 Å². The van der Waals surface area contributed by atoms with Crippen molar-refractivity contribution in [3.63, 3.8) is 0 Å². The third-order valence-electron chi connectivity index (χ3n) is 2.89. The van der Waals surface area contributed by atoms with E-state index in [2.05, 4.69) is 6.07 Å². The topological polar surface area (TPSA) is 79.4 Å². The average Bonchev–Trinajstić information content (AvgIpc) is 2.38. The van der Waals surface area contributed by atoms with E-state index in [1.807, 2.05) is 6.92 Å². The minimum atomic E-state index is -0.448. The summed E-state index contributed by atoms with van der Waals surface area (Å²) in [6, 6.07) is 6.90. The SMILES string of the molecule is CCOc1cccc(N(C)C(C)CC#N)c1[N+](=O)[O-]. The second-order valence-corrected chi connectivity index (χ2v) is 4.14. The Kier molecular flexibility index (Phi) is 5.12. The van der Waals surface area contributed by atoms with Crippen LogP contribution in [0.3, 0.4) is 0 Å². The standard InChI is InChI=1S/C13H17N3O3/c1-4-19-12-7-5-6-11(13(12)16(17)18)15(3)10(2)8-9-14/h5-7,10H,4,8H2,1-3H3. The third kappa shape index (κ3) is 3.35. The van der Waals surface area contributed by atoms with Gasteiger partial charge in [0.25, 0.3) is 0 Å². The highest BCUT2D eigenvalue weighted by molar-refractivity contribution is 5.69. The average molecular weight is 263 g/mol. The van der Waals surface area contributed by atoms with E-state index in [9.17, 15) is 10.1 Å². The summed E-state index contributed by atoms with van der Waals surface area (Å²) >= 11 is 0. The molecular weight excluding hydrogens is 246 g/mol. The van der Waals surface area contributed by atoms with Crippen LogP contribution in [0.4, 0.5) is 11.4 Å². The number of nitro groups is 1. The van der Waals surface area contributed by atoms with Crippen molar-refractivity contribution in [1.82, 2.24) is 0 Å². The number of hydrogen-bond acceptors (Lipinski definition) is 5. The van der Waals surface area contributed by atoms with E-state index < -0.39 is 4.92 Å². The van der Waals surface area contributed by atoms with Crippen LogP contribution in [-0.2, 0) is 0 Å². The van der Waals surface area contributed by atoms with E-state index in [0.717, 1.165) is 0 Å². The molecule has 0 amide bonds. The fraction of sp³-hybridized carbons (Fsp3) is 0.462. The quantitative estimate of drug-likeness (QED) is 0.582. The largest absolute Gasteiger partial charge is 0.487 e. The van der Waals surface area contributed by atoms with Crippen molar-refractivity contribution in [2.24, 2.45) is 0 Å². The maximum absolute atomic E-state index is 11.2. The van der Waals surface area contributed by atoms with Crippen molar-refractivity contribution in [3.8, 4) is 11.8 Å². The Morgan fingerprint density at radius 3 is 2.79 bits per heavy atom.